The Morgan fingerprint density at radius 2 is 2.11 bits per heavy atom. The monoisotopic (exact) mass is 255 g/mol. The van der Waals surface area contributed by atoms with Crippen LogP contribution in [0.25, 0.3) is 0 Å². The standard InChI is InChI=1S/C16H21N3/c1-18-10-5-8-15(13-18)16-17-9-11-19(16)12-14-6-3-2-4-7-14/h2-4,6-7,9,11,15H,5,8,10,12-13H2,1H3/t15-/m1/s1. The van der Waals surface area contributed by atoms with Crippen LogP contribution in [0.15, 0.2) is 42.7 Å². The van der Waals surface area contributed by atoms with Crippen LogP contribution in [0.5, 0.6) is 0 Å². The second-order valence-corrected chi connectivity index (χ2v) is 5.50. The number of hydrogen-bond acceptors (Lipinski definition) is 2. The van der Waals surface area contributed by atoms with E-state index in [-0.39, 0.29) is 0 Å². The third-order valence-electron chi connectivity index (χ3n) is 3.93. The summed E-state index contributed by atoms with van der Waals surface area (Å²) in [5.74, 6) is 1.83. The molecule has 2 heterocycles. The first kappa shape index (κ1) is 12.4. The summed E-state index contributed by atoms with van der Waals surface area (Å²) >= 11 is 0. The minimum atomic E-state index is 0.581. The zero-order valence-corrected chi connectivity index (χ0v) is 11.5. The van der Waals surface area contributed by atoms with Gasteiger partial charge in [0.1, 0.15) is 5.82 Å². The molecule has 0 saturated carbocycles. The summed E-state index contributed by atoms with van der Waals surface area (Å²) in [6.45, 7) is 3.28. The number of rotatable bonds is 3. The molecule has 0 radical (unpaired) electrons. The molecule has 1 aliphatic rings. The summed E-state index contributed by atoms with van der Waals surface area (Å²) in [6, 6.07) is 10.6. The number of piperidine rings is 1. The van der Waals surface area contributed by atoms with Crippen molar-refractivity contribution in [3.05, 3.63) is 54.1 Å². The van der Waals surface area contributed by atoms with Crippen LogP contribution in [0, 0.1) is 0 Å². The molecular weight excluding hydrogens is 234 g/mol. The largest absolute Gasteiger partial charge is 0.330 e. The quantitative estimate of drug-likeness (QED) is 0.841. The predicted octanol–water partition coefficient (Wildman–Crippen LogP) is 2.74. The van der Waals surface area contributed by atoms with E-state index in [4.69, 9.17) is 0 Å². The van der Waals surface area contributed by atoms with Gasteiger partial charge in [-0.2, -0.15) is 0 Å². The first-order valence-electron chi connectivity index (χ1n) is 7.06. The summed E-state index contributed by atoms with van der Waals surface area (Å²) in [5.41, 5.74) is 1.34. The zero-order valence-electron chi connectivity index (χ0n) is 11.5. The van der Waals surface area contributed by atoms with E-state index < -0.39 is 0 Å². The fourth-order valence-corrected chi connectivity index (χ4v) is 2.97. The van der Waals surface area contributed by atoms with E-state index in [1.807, 2.05) is 6.20 Å². The molecule has 1 aromatic heterocycles. The maximum absolute atomic E-state index is 4.61. The molecule has 0 N–H and O–H groups in total. The number of likely N-dealkylation sites (N-methyl/N-ethyl adjacent to an activating group) is 1. The Bertz CT molecular complexity index is 518. The van der Waals surface area contributed by atoms with Gasteiger partial charge in [-0.05, 0) is 32.0 Å². The topological polar surface area (TPSA) is 21.1 Å². The lowest BCUT2D eigenvalue weighted by atomic mass is 9.97. The highest BCUT2D eigenvalue weighted by molar-refractivity contribution is 5.16. The van der Waals surface area contributed by atoms with E-state index in [0.29, 0.717) is 5.92 Å². The summed E-state index contributed by atoms with van der Waals surface area (Å²) in [7, 11) is 2.20. The minimum absolute atomic E-state index is 0.581. The Kier molecular flexibility index (Phi) is 3.65. The number of likely N-dealkylation sites (tertiary alicyclic amines) is 1. The normalized spacial score (nSPS) is 20.6. The molecule has 1 aliphatic heterocycles. The minimum Gasteiger partial charge on any atom is -0.330 e. The molecule has 2 aromatic rings. The Hall–Kier alpha value is -1.61. The highest BCUT2D eigenvalue weighted by atomic mass is 15.1. The highest BCUT2D eigenvalue weighted by Crippen LogP contribution is 2.25. The number of imidazole rings is 1. The van der Waals surface area contributed by atoms with Gasteiger partial charge in [0.25, 0.3) is 0 Å². The molecule has 0 bridgehead atoms. The van der Waals surface area contributed by atoms with E-state index in [9.17, 15) is 0 Å². The second-order valence-electron chi connectivity index (χ2n) is 5.50. The van der Waals surface area contributed by atoms with Crippen molar-refractivity contribution in [2.45, 2.75) is 25.3 Å². The number of aromatic nitrogens is 2. The number of nitrogens with zero attached hydrogens (tertiary/aromatic N) is 3. The van der Waals surface area contributed by atoms with Gasteiger partial charge in [-0.25, -0.2) is 4.98 Å². The van der Waals surface area contributed by atoms with Gasteiger partial charge in [0, 0.05) is 31.4 Å². The highest BCUT2D eigenvalue weighted by Gasteiger charge is 2.22. The van der Waals surface area contributed by atoms with Crippen molar-refractivity contribution in [2.75, 3.05) is 20.1 Å². The fourth-order valence-electron chi connectivity index (χ4n) is 2.97. The Morgan fingerprint density at radius 1 is 1.26 bits per heavy atom. The third-order valence-corrected chi connectivity index (χ3v) is 3.93. The molecule has 0 spiro atoms. The molecule has 1 atom stereocenters. The lowest BCUT2D eigenvalue weighted by molar-refractivity contribution is 0.243. The SMILES string of the molecule is CN1CCC[C@@H](c2nccn2Cc2ccccc2)C1. The molecule has 0 amide bonds. The summed E-state index contributed by atoms with van der Waals surface area (Å²) < 4.78 is 2.30. The van der Waals surface area contributed by atoms with E-state index >= 15 is 0 Å². The molecule has 1 saturated heterocycles. The Balaban J connectivity index is 1.78. The molecule has 1 fully saturated rings. The van der Waals surface area contributed by atoms with Crippen LogP contribution in [-0.2, 0) is 6.54 Å². The first-order valence-corrected chi connectivity index (χ1v) is 7.06. The first-order chi connectivity index (χ1) is 9.33. The third kappa shape index (κ3) is 2.87. The lowest BCUT2D eigenvalue weighted by Crippen LogP contribution is -2.32. The predicted molar refractivity (Wildman–Crippen MR) is 77.2 cm³/mol. The summed E-state index contributed by atoms with van der Waals surface area (Å²) in [4.78, 5) is 7.02. The molecule has 19 heavy (non-hydrogen) atoms. The van der Waals surface area contributed by atoms with E-state index in [1.54, 1.807) is 0 Å². The average molecular weight is 255 g/mol. The van der Waals surface area contributed by atoms with Gasteiger partial charge in [0.15, 0.2) is 0 Å². The van der Waals surface area contributed by atoms with E-state index in [0.717, 1.165) is 13.1 Å². The average Bonchev–Trinajstić information content (AvgIpc) is 2.88. The van der Waals surface area contributed by atoms with Gasteiger partial charge in [0.05, 0.1) is 0 Å². The van der Waals surface area contributed by atoms with Gasteiger partial charge in [0.2, 0.25) is 0 Å². The van der Waals surface area contributed by atoms with Crippen molar-refractivity contribution in [3.63, 3.8) is 0 Å². The van der Waals surface area contributed by atoms with Crippen molar-refractivity contribution >= 4 is 0 Å². The van der Waals surface area contributed by atoms with Gasteiger partial charge in [-0.1, -0.05) is 30.3 Å². The number of hydrogen-bond donors (Lipinski definition) is 0. The Labute approximate surface area is 114 Å². The molecule has 3 rings (SSSR count). The van der Waals surface area contributed by atoms with Crippen LogP contribution < -0.4 is 0 Å². The fraction of sp³-hybridized carbons (Fsp3) is 0.438. The van der Waals surface area contributed by atoms with E-state index in [1.165, 1.54) is 30.8 Å². The molecule has 1 aromatic carbocycles. The van der Waals surface area contributed by atoms with Crippen molar-refractivity contribution in [3.8, 4) is 0 Å². The van der Waals surface area contributed by atoms with Gasteiger partial charge in [-0.3, -0.25) is 0 Å². The van der Waals surface area contributed by atoms with Gasteiger partial charge in [-0.15, -0.1) is 0 Å². The van der Waals surface area contributed by atoms with Crippen molar-refractivity contribution in [1.29, 1.82) is 0 Å². The van der Waals surface area contributed by atoms with Crippen molar-refractivity contribution in [1.82, 2.24) is 14.5 Å². The van der Waals surface area contributed by atoms with Crippen molar-refractivity contribution < 1.29 is 0 Å². The van der Waals surface area contributed by atoms with Gasteiger partial charge < -0.3 is 9.47 Å². The molecule has 0 aliphatic carbocycles. The summed E-state index contributed by atoms with van der Waals surface area (Å²) in [6.07, 6.45) is 6.58. The maximum atomic E-state index is 4.61. The molecule has 100 valence electrons. The van der Waals surface area contributed by atoms with Crippen LogP contribution in [0.2, 0.25) is 0 Å². The second kappa shape index (κ2) is 5.57. The maximum Gasteiger partial charge on any atom is 0.113 e. The molecule has 0 unspecified atom stereocenters. The van der Waals surface area contributed by atoms with Crippen LogP contribution in [0.3, 0.4) is 0 Å². The molecule has 3 heteroatoms. The summed E-state index contributed by atoms with van der Waals surface area (Å²) in [5, 5.41) is 0. The lowest BCUT2D eigenvalue weighted by Gasteiger charge is -2.29. The van der Waals surface area contributed by atoms with Crippen LogP contribution in [0.1, 0.15) is 30.1 Å². The molecule has 3 nitrogen and oxygen atoms in total. The van der Waals surface area contributed by atoms with Crippen LogP contribution in [0.4, 0.5) is 0 Å². The number of benzene rings is 1. The smallest absolute Gasteiger partial charge is 0.113 e. The Morgan fingerprint density at radius 3 is 2.89 bits per heavy atom. The molecular formula is C16H21N3. The van der Waals surface area contributed by atoms with Gasteiger partial charge >= 0.3 is 0 Å². The zero-order chi connectivity index (χ0) is 13.1. The van der Waals surface area contributed by atoms with Crippen LogP contribution in [-0.4, -0.2) is 34.6 Å². The van der Waals surface area contributed by atoms with Crippen LogP contribution >= 0.6 is 0 Å². The van der Waals surface area contributed by atoms with Crippen molar-refractivity contribution in [2.24, 2.45) is 0 Å². The van der Waals surface area contributed by atoms with E-state index in [2.05, 4.69) is 58.0 Å².